The molecule has 0 N–H and O–H groups in total. The number of rotatable bonds is 4. The quantitative estimate of drug-likeness (QED) is 0.816. The Kier molecular flexibility index (Phi) is 3.72. The molecule has 0 saturated carbocycles. The SMILES string of the molecule is Clc1ccc(CCOc2cccnn2)cc1. The molecular weight excluding hydrogens is 224 g/mol. The number of aromatic nitrogens is 2. The summed E-state index contributed by atoms with van der Waals surface area (Å²) in [6, 6.07) is 11.3. The lowest BCUT2D eigenvalue weighted by Gasteiger charge is -2.04. The Hall–Kier alpha value is -1.61. The molecule has 4 heteroatoms. The standard InChI is InChI=1S/C12H11ClN2O/c13-11-5-3-10(4-6-11)7-9-16-12-2-1-8-14-15-12/h1-6,8H,7,9H2. The number of nitrogens with zero attached hydrogens (tertiary/aromatic N) is 2. The molecule has 0 fully saturated rings. The van der Waals surface area contributed by atoms with E-state index in [4.69, 9.17) is 16.3 Å². The van der Waals surface area contributed by atoms with E-state index in [0.717, 1.165) is 11.4 Å². The zero-order chi connectivity index (χ0) is 11.2. The van der Waals surface area contributed by atoms with Crippen LogP contribution in [0.3, 0.4) is 0 Å². The van der Waals surface area contributed by atoms with E-state index < -0.39 is 0 Å². The summed E-state index contributed by atoms with van der Waals surface area (Å²) in [5.74, 6) is 0.552. The lowest BCUT2D eigenvalue weighted by molar-refractivity contribution is 0.306. The zero-order valence-electron chi connectivity index (χ0n) is 8.64. The van der Waals surface area contributed by atoms with Gasteiger partial charge < -0.3 is 4.74 Å². The van der Waals surface area contributed by atoms with Crippen LogP contribution in [0.2, 0.25) is 5.02 Å². The van der Waals surface area contributed by atoms with E-state index in [0.29, 0.717) is 12.5 Å². The van der Waals surface area contributed by atoms with Crippen LogP contribution in [-0.4, -0.2) is 16.8 Å². The maximum absolute atomic E-state index is 5.79. The van der Waals surface area contributed by atoms with Gasteiger partial charge in [0.25, 0.3) is 0 Å². The van der Waals surface area contributed by atoms with E-state index in [1.807, 2.05) is 24.3 Å². The fourth-order valence-corrected chi connectivity index (χ4v) is 1.41. The Morgan fingerprint density at radius 1 is 1.12 bits per heavy atom. The molecule has 16 heavy (non-hydrogen) atoms. The molecule has 0 aliphatic carbocycles. The number of halogens is 1. The lowest BCUT2D eigenvalue weighted by Crippen LogP contribution is -2.02. The van der Waals surface area contributed by atoms with Gasteiger partial charge in [-0.3, -0.25) is 0 Å². The van der Waals surface area contributed by atoms with Crippen LogP contribution in [-0.2, 0) is 6.42 Å². The van der Waals surface area contributed by atoms with Crippen LogP contribution in [0.25, 0.3) is 0 Å². The van der Waals surface area contributed by atoms with Crippen LogP contribution in [0.4, 0.5) is 0 Å². The third kappa shape index (κ3) is 3.21. The van der Waals surface area contributed by atoms with Crippen LogP contribution in [0.1, 0.15) is 5.56 Å². The molecule has 0 radical (unpaired) electrons. The normalized spacial score (nSPS) is 10.1. The van der Waals surface area contributed by atoms with E-state index in [1.165, 1.54) is 5.56 Å². The van der Waals surface area contributed by atoms with Crippen molar-refractivity contribution < 1.29 is 4.74 Å². The molecule has 1 aromatic carbocycles. The first kappa shape index (κ1) is 10.9. The molecule has 0 saturated heterocycles. The van der Waals surface area contributed by atoms with E-state index >= 15 is 0 Å². The van der Waals surface area contributed by atoms with E-state index in [9.17, 15) is 0 Å². The fraction of sp³-hybridized carbons (Fsp3) is 0.167. The van der Waals surface area contributed by atoms with Crippen LogP contribution < -0.4 is 4.74 Å². The fourth-order valence-electron chi connectivity index (χ4n) is 1.29. The topological polar surface area (TPSA) is 35.0 Å². The minimum atomic E-state index is 0.552. The van der Waals surface area contributed by atoms with Crippen molar-refractivity contribution in [2.24, 2.45) is 0 Å². The summed E-state index contributed by atoms with van der Waals surface area (Å²) in [6.45, 7) is 0.584. The summed E-state index contributed by atoms with van der Waals surface area (Å²) in [5, 5.41) is 8.31. The van der Waals surface area contributed by atoms with Gasteiger partial charge in [-0.25, -0.2) is 0 Å². The molecular formula is C12H11ClN2O. The second kappa shape index (κ2) is 5.47. The Bertz CT molecular complexity index is 431. The van der Waals surface area contributed by atoms with E-state index in [-0.39, 0.29) is 0 Å². The summed E-state index contributed by atoms with van der Waals surface area (Å²) < 4.78 is 5.43. The van der Waals surface area contributed by atoms with Gasteiger partial charge >= 0.3 is 0 Å². The molecule has 0 amide bonds. The first-order valence-electron chi connectivity index (χ1n) is 4.99. The third-order valence-corrected chi connectivity index (χ3v) is 2.35. The molecule has 0 atom stereocenters. The molecule has 0 bridgehead atoms. The highest BCUT2D eigenvalue weighted by Crippen LogP contribution is 2.10. The number of hydrogen-bond acceptors (Lipinski definition) is 3. The zero-order valence-corrected chi connectivity index (χ0v) is 9.39. The van der Waals surface area contributed by atoms with E-state index in [1.54, 1.807) is 18.3 Å². The van der Waals surface area contributed by atoms with Gasteiger partial charge in [0.15, 0.2) is 0 Å². The Balaban J connectivity index is 1.82. The van der Waals surface area contributed by atoms with Crippen molar-refractivity contribution in [3.63, 3.8) is 0 Å². The smallest absolute Gasteiger partial charge is 0.233 e. The van der Waals surface area contributed by atoms with Crippen molar-refractivity contribution in [3.8, 4) is 5.88 Å². The summed E-state index contributed by atoms with van der Waals surface area (Å²) >= 11 is 5.79. The molecule has 2 aromatic rings. The summed E-state index contributed by atoms with van der Waals surface area (Å²) in [6.07, 6.45) is 2.44. The highest BCUT2D eigenvalue weighted by Gasteiger charge is 1.96. The predicted molar refractivity (Wildman–Crippen MR) is 62.7 cm³/mol. The number of ether oxygens (including phenoxy) is 1. The maximum Gasteiger partial charge on any atom is 0.233 e. The Morgan fingerprint density at radius 2 is 1.94 bits per heavy atom. The summed E-state index contributed by atoms with van der Waals surface area (Å²) in [5.41, 5.74) is 1.19. The Morgan fingerprint density at radius 3 is 2.62 bits per heavy atom. The molecule has 2 rings (SSSR count). The van der Waals surface area contributed by atoms with Crippen LogP contribution in [0, 0.1) is 0 Å². The van der Waals surface area contributed by atoms with Crippen molar-refractivity contribution >= 4 is 11.6 Å². The monoisotopic (exact) mass is 234 g/mol. The van der Waals surface area contributed by atoms with Gasteiger partial charge in [-0.2, -0.15) is 5.10 Å². The lowest BCUT2D eigenvalue weighted by atomic mass is 10.2. The van der Waals surface area contributed by atoms with Gasteiger partial charge in [0, 0.05) is 23.7 Å². The van der Waals surface area contributed by atoms with Gasteiger partial charge in [-0.1, -0.05) is 23.7 Å². The first-order valence-corrected chi connectivity index (χ1v) is 5.37. The van der Waals surface area contributed by atoms with Gasteiger partial charge in [0.05, 0.1) is 6.61 Å². The largest absolute Gasteiger partial charge is 0.476 e. The molecule has 0 aliphatic heterocycles. The van der Waals surface area contributed by atoms with Crippen LogP contribution in [0.15, 0.2) is 42.6 Å². The van der Waals surface area contributed by atoms with Crippen molar-refractivity contribution in [2.45, 2.75) is 6.42 Å². The Labute approximate surface area is 99.0 Å². The number of benzene rings is 1. The molecule has 0 aliphatic rings. The molecule has 82 valence electrons. The van der Waals surface area contributed by atoms with E-state index in [2.05, 4.69) is 10.2 Å². The second-order valence-electron chi connectivity index (χ2n) is 3.29. The highest BCUT2D eigenvalue weighted by atomic mass is 35.5. The van der Waals surface area contributed by atoms with Gasteiger partial charge in [-0.15, -0.1) is 5.10 Å². The second-order valence-corrected chi connectivity index (χ2v) is 3.72. The average molecular weight is 235 g/mol. The molecule has 1 heterocycles. The van der Waals surface area contributed by atoms with Crippen molar-refractivity contribution in [1.82, 2.24) is 10.2 Å². The minimum Gasteiger partial charge on any atom is -0.476 e. The molecule has 1 aromatic heterocycles. The summed E-state index contributed by atoms with van der Waals surface area (Å²) in [4.78, 5) is 0. The maximum atomic E-state index is 5.79. The average Bonchev–Trinajstić information content (AvgIpc) is 2.33. The van der Waals surface area contributed by atoms with Crippen molar-refractivity contribution in [3.05, 3.63) is 53.2 Å². The predicted octanol–water partition coefficient (Wildman–Crippen LogP) is 2.75. The summed E-state index contributed by atoms with van der Waals surface area (Å²) in [7, 11) is 0. The molecule has 0 unspecified atom stereocenters. The molecule has 0 spiro atoms. The van der Waals surface area contributed by atoms with Crippen LogP contribution >= 0.6 is 11.6 Å². The molecule has 3 nitrogen and oxygen atoms in total. The van der Waals surface area contributed by atoms with Crippen LogP contribution in [0.5, 0.6) is 5.88 Å². The highest BCUT2D eigenvalue weighted by molar-refractivity contribution is 6.30. The van der Waals surface area contributed by atoms with Crippen molar-refractivity contribution in [2.75, 3.05) is 6.61 Å². The van der Waals surface area contributed by atoms with Crippen molar-refractivity contribution in [1.29, 1.82) is 0 Å². The van der Waals surface area contributed by atoms with Gasteiger partial charge in [0.1, 0.15) is 0 Å². The van der Waals surface area contributed by atoms with Gasteiger partial charge in [0.2, 0.25) is 5.88 Å². The van der Waals surface area contributed by atoms with Gasteiger partial charge in [-0.05, 0) is 23.8 Å². The number of hydrogen-bond donors (Lipinski definition) is 0. The first-order chi connectivity index (χ1) is 7.84. The third-order valence-electron chi connectivity index (χ3n) is 2.10. The minimum absolute atomic E-state index is 0.552.